The van der Waals surface area contributed by atoms with E-state index in [1.807, 2.05) is 6.92 Å². The Labute approximate surface area is 141 Å². The number of hydrogen-bond acceptors (Lipinski definition) is 5. The number of aromatic nitrogens is 2. The molecule has 0 atom stereocenters. The van der Waals surface area contributed by atoms with Crippen molar-refractivity contribution in [3.05, 3.63) is 27.0 Å². The van der Waals surface area contributed by atoms with Gasteiger partial charge in [-0.3, -0.25) is 10.1 Å². The van der Waals surface area contributed by atoms with Crippen LogP contribution in [0.2, 0.25) is 0 Å². The van der Waals surface area contributed by atoms with Crippen LogP contribution in [0.15, 0.2) is 16.9 Å². The Balaban J connectivity index is 1.82. The largest absolute Gasteiger partial charge is 0.390 e. The van der Waals surface area contributed by atoms with Gasteiger partial charge in [-0.05, 0) is 54.5 Å². The van der Waals surface area contributed by atoms with Crippen molar-refractivity contribution in [1.29, 1.82) is 0 Å². The van der Waals surface area contributed by atoms with Gasteiger partial charge in [0.1, 0.15) is 11.2 Å². The van der Waals surface area contributed by atoms with E-state index in [0.29, 0.717) is 33.7 Å². The molecule has 124 valence electrons. The van der Waals surface area contributed by atoms with Crippen molar-refractivity contribution < 1.29 is 10.0 Å². The summed E-state index contributed by atoms with van der Waals surface area (Å²) in [5, 5.41) is 24.6. The number of nitro groups is 1. The summed E-state index contributed by atoms with van der Waals surface area (Å²) in [6, 6.07) is 1.48. The number of fused-ring (bicyclic) bond motifs is 1. The Morgan fingerprint density at radius 2 is 2.26 bits per heavy atom. The number of benzene rings is 1. The number of hydrogen-bond donors (Lipinski definition) is 3. The summed E-state index contributed by atoms with van der Waals surface area (Å²) in [4.78, 5) is 18.1. The molecule has 1 heterocycles. The van der Waals surface area contributed by atoms with Crippen LogP contribution in [0.4, 0.5) is 11.4 Å². The quantitative estimate of drug-likeness (QED) is 0.553. The summed E-state index contributed by atoms with van der Waals surface area (Å²) in [6.07, 6.45) is 4.89. The van der Waals surface area contributed by atoms with E-state index in [0.717, 1.165) is 25.7 Å². The summed E-state index contributed by atoms with van der Waals surface area (Å²) < 4.78 is 0.597. The lowest BCUT2D eigenvalue weighted by Crippen LogP contribution is -2.32. The van der Waals surface area contributed by atoms with E-state index in [9.17, 15) is 15.2 Å². The third-order valence-corrected chi connectivity index (χ3v) is 5.19. The third kappa shape index (κ3) is 3.32. The molecule has 0 amide bonds. The normalized spacial score (nSPS) is 24.7. The smallest absolute Gasteiger partial charge is 0.295 e. The van der Waals surface area contributed by atoms with Gasteiger partial charge in [0.2, 0.25) is 0 Å². The molecule has 0 radical (unpaired) electrons. The number of nitrogens with zero attached hydrogens (tertiary/aromatic N) is 2. The van der Waals surface area contributed by atoms with E-state index in [1.54, 1.807) is 0 Å². The molecular weight excluding hydrogens is 364 g/mol. The minimum atomic E-state index is -0.573. The highest BCUT2D eigenvalue weighted by molar-refractivity contribution is 9.10. The minimum Gasteiger partial charge on any atom is -0.390 e. The first-order valence-corrected chi connectivity index (χ1v) is 8.43. The minimum absolute atomic E-state index is 0.0245. The second-order valence-electron chi connectivity index (χ2n) is 6.46. The molecule has 3 rings (SSSR count). The molecule has 1 saturated carbocycles. The van der Waals surface area contributed by atoms with Crippen molar-refractivity contribution >= 4 is 38.3 Å². The molecule has 1 aromatic carbocycles. The number of halogens is 1. The molecule has 23 heavy (non-hydrogen) atoms. The molecule has 1 aromatic heterocycles. The summed E-state index contributed by atoms with van der Waals surface area (Å²) in [5.41, 5.74) is 1.23. The highest BCUT2D eigenvalue weighted by atomic mass is 79.9. The van der Waals surface area contributed by atoms with Crippen LogP contribution in [0.5, 0.6) is 0 Å². The molecular formula is C15H19BrN4O3. The van der Waals surface area contributed by atoms with Gasteiger partial charge >= 0.3 is 0 Å². The first-order valence-electron chi connectivity index (χ1n) is 7.63. The topological polar surface area (TPSA) is 104 Å². The highest BCUT2D eigenvalue weighted by Gasteiger charge is 2.29. The molecule has 1 fully saturated rings. The van der Waals surface area contributed by atoms with Crippen molar-refractivity contribution in [3.63, 3.8) is 0 Å². The van der Waals surface area contributed by atoms with Crippen LogP contribution in [0.25, 0.3) is 11.0 Å². The highest BCUT2D eigenvalue weighted by Crippen LogP contribution is 2.37. The Hall–Kier alpha value is -1.67. The number of aromatic amines is 1. The first-order chi connectivity index (χ1) is 10.9. The van der Waals surface area contributed by atoms with E-state index < -0.39 is 5.60 Å². The fourth-order valence-corrected chi connectivity index (χ4v) is 3.64. The van der Waals surface area contributed by atoms with Gasteiger partial charge < -0.3 is 15.4 Å². The maximum absolute atomic E-state index is 11.4. The fourth-order valence-electron chi connectivity index (χ4n) is 3.13. The molecule has 2 aromatic rings. The molecule has 0 unspecified atom stereocenters. The lowest BCUT2D eigenvalue weighted by atomic mass is 9.80. The zero-order valence-electron chi connectivity index (χ0n) is 12.8. The zero-order chi connectivity index (χ0) is 16.6. The second kappa shape index (κ2) is 6.09. The molecule has 8 heteroatoms. The number of aliphatic hydroxyl groups is 1. The van der Waals surface area contributed by atoms with Crippen LogP contribution in [0.3, 0.4) is 0 Å². The Morgan fingerprint density at radius 1 is 1.57 bits per heavy atom. The summed E-state index contributed by atoms with van der Waals surface area (Å²) in [5.74, 6) is 0.399. The monoisotopic (exact) mass is 382 g/mol. The summed E-state index contributed by atoms with van der Waals surface area (Å²) in [6.45, 7) is 2.51. The van der Waals surface area contributed by atoms with Crippen molar-refractivity contribution in [2.75, 3.05) is 11.9 Å². The SMILES string of the molecule is CC1(O)CCC(CNc2c([N+](=O)[O-])cc(Br)c3nc[nH]c23)CC1. The standard InChI is InChI=1S/C15H19BrN4O3/c1-15(21)4-2-9(3-5-15)7-17-13-11(20(22)23)6-10(16)12-14(13)19-8-18-12/h6,8-9,17,21H,2-5,7H2,1H3,(H,18,19). The molecule has 0 bridgehead atoms. The van der Waals surface area contributed by atoms with Gasteiger partial charge in [0.05, 0.1) is 26.8 Å². The predicted octanol–water partition coefficient (Wildman–Crippen LogP) is 3.59. The number of rotatable bonds is 4. The van der Waals surface area contributed by atoms with Crippen LogP contribution < -0.4 is 5.32 Å². The second-order valence-corrected chi connectivity index (χ2v) is 7.31. The predicted molar refractivity (Wildman–Crippen MR) is 91.5 cm³/mol. The molecule has 0 aliphatic heterocycles. The van der Waals surface area contributed by atoms with Gasteiger partial charge in [-0.2, -0.15) is 0 Å². The number of H-pyrrole nitrogens is 1. The van der Waals surface area contributed by atoms with Crippen LogP contribution in [0.1, 0.15) is 32.6 Å². The van der Waals surface area contributed by atoms with Crippen LogP contribution >= 0.6 is 15.9 Å². The molecule has 0 saturated heterocycles. The lowest BCUT2D eigenvalue weighted by Gasteiger charge is -2.33. The Bertz CT molecular complexity index is 734. The van der Waals surface area contributed by atoms with E-state index in [-0.39, 0.29) is 10.6 Å². The Morgan fingerprint density at radius 3 is 2.91 bits per heavy atom. The summed E-state index contributed by atoms with van der Waals surface area (Å²) >= 11 is 3.33. The molecule has 1 aliphatic rings. The van der Waals surface area contributed by atoms with Gasteiger partial charge in [0.15, 0.2) is 0 Å². The van der Waals surface area contributed by atoms with Crippen LogP contribution in [0, 0.1) is 16.0 Å². The fraction of sp³-hybridized carbons (Fsp3) is 0.533. The van der Waals surface area contributed by atoms with Crippen molar-refractivity contribution in [2.45, 2.75) is 38.2 Å². The maximum Gasteiger partial charge on any atom is 0.295 e. The van der Waals surface area contributed by atoms with Gasteiger partial charge in [0.25, 0.3) is 5.69 Å². The van der Waals surface area contributed by atoms with Crippen molar-refractivity contribution in [2.24, 2.45) is 5.92 Å². The lowest BCUT2D eigenvalue weighted by molar-refractivity contribution is -0.383. The molecule has 1 aliphatic carbocycles. The van der Waals surface area contributed by atoms with Gasteiger partial charge in [0, 0.05) is 12.6 Å². The van der Waals surface area contributed by atoms with Gasteiger partial charge in [-0.25, -0.2) is 4.98 Å². The van der Waals surface area contributed by atoms with E-state index in [4.69, 9.17) is 0 Å². The average Bonchev–Trinajstić information content (AvgIpc) is 2.97. The number of nitro benzene ring substituents is 1. The van der Waals surface area contributed by atoms with Gasteiger partial charge in [-0.15, -0.1) is 0 Å². The first kappa shape index (κ1) is 16.2. The summed E-state index contributed by atoms with van der Waals surface area (Å²) in [7, 11) is 0. The van der Waals surface area contributed by atoms with E-state index >= 15 is 0 Å². The number of anilines is 1. The average molecular weight is 383 g/mol. The van der Waals surface area contributed by atoms with E-state index in [1.165, 1.54) is 12.4 Å². The number of imidazole rings is 1. The van der Waals surface area contributed by atoms with Gasteiger partial charge in [-0.1, -0.05) is 0 Å². The number of nitrogens with one attached hydrogen (secondary N) is 2. The third-order valence-electron chi connectivity index (χ3n) is 4.58. The zero-order valence-corrected chi connectivity index (χ0v) is 14.4. The molecule has 0 spiro atoms. The van der Waals surface area contributed by atoms with E-state index in [2.05, 4.69) is 31.2 Å². The van der Waals surface area contributed by atoms with Crippen LogP contribution in [-0.2, 0) is 0 Å². The molecule has 7 nitrogen and oxygen atoms in total. The van der Waals surface area contributed by atoms with Crippen molar-refractivity contribution in [3.8, 4) is 0 Å². The van der Waals surface area contributed by atoms with Crippen LogP contribution in [-0.4, -0.2) is 32.1 Å². The molecule has 3 N–H and O–H groups in total. The Kier molecular flexibility index (Phi) is 4.29. The van der Waals surface area contributed by atoms with Crippen molar-refractivity contribution in [1.82, 2.24) is 9.97 Å². The maximum atomic E-state index is 11.4.